The van der Waals surface area contributed by atoms with Crippen LogP contribution in [0.1, 0.15) is 0 Å². The molecule has 0 saturated carbocycles. The summed E-state index contributed by atoms with van der Waals surface area (Å²) in [6.45, 7) is 22.3. The average molecular weight is 585 g/mol. The van der Waals surface area contributed by atoms with Crippen LogP contribution in [0.25, 0.3) is 0 Å². The highest BCUT2D eigenvalue weighted by Crippen LogP contribution is 2.26. The minimum atomic E-state index is -3.16. The molecule has 2 rings (SSSR count). The van der Waals surface area contributed by atoms with Gasteiger partial charge in [-0.3, -0.25) is 0 Å². The standard InChI is InChI=1S/C22H44O5Si7/c1-28(2)23-33(24-29(3)4,21-17-13-11-14-18-21)26-32(9,10)27-34(31(7)8,25-30(5)6)22-19-15-12-16-20-22/h11-20,28-31H,1-10H3. The smallest absolute Gasteiger partial charge is 0.439 e. The molecule has 1 unspecified atom stereocenters. The molecule has 0 amide bonds. The third kappa shape index (κ3) is 8.14. The first-order valence-corrected chi connectivity index (χ1v) is 31.2. The number of hydrogen-bond donors (Lipinski definition) is 0. The van der Waals surface area contributed by atoms with Crippen LogP contribution in [-0.4, -0.2) is 60.9 Å². The number of rotatable bonds is 13. The Hall–Kier alpha value is -0.242. The Labute approximate surface area is 217 Å². The molecular formula is C22H44O5Si7. The molecule has 2 aromatic carbocycles. The van der Waals surface area contributed by atoms with Gasteiger partial charge in [0.05, 0.1) is 8.31 Å². The van der Waals surface area contributed by atoms with Crippen LogP contribution in [0.4, 0.5) is 0 Å². The van der Waals surface area contributed by atoms with Crippen LogP contribution in [0, 0.1) is 0 Å². The van der Waals surface area contributed by atoms with Crippen LogP contribution in [-0.2, 0) is 20.6 Å². The van der Waals surface area contributed by atoms with E-state index >= 15 is 0 Å². The van der Waals surface area contributed by atoms with Crippen molar-refractivity contribution in [2.24, 2.45) is 0 Å². The maximum Gasteiger partial charge on any atom is 0.506 e. The van der Waals surface area contributed by atoms with Gasteiger partial charge in [0, 0.05) is 5.19 Å². The van der Waals surface area contributed by atoms with Crippen LogP contribution in [0.3, 0.4) is 0 Å². The van der Waals surface area contributed by atoms with Crippen LogP contribution in [0.2, 0.25) is 65.5 Å². The first-order chi connectivity index (χ1) is 15.8. The average Bonchev–Trinajstić information content (AvgIpc) is 2.72. The normalized spacial score (nSPS) is 14.9. The Balaban J connectivity index is 2.58. The summed E-state index contributed by atoms with van der Waals surface area (Å²) in [6, 6.07) is 21.0. The molecule has 0 saturated heterocycles. The van der Waals surface area contributed by atoms with E-state index in [0.717, 1.165) is 5.19 Å². The van der Waals surface area contributed by atoms with Gasteiger partial charge in [-0.2, -0.15) is 0 Å². The van der Waals surface area contributed by atoms with E-state index in [2.05, 4.69) is 108 Å². The Morgan fingerprint density at radius 3 is 1.32 bits per heavy atom. The van der Waals surface area contributed by atoms with E-state index in [4.69, 9.17) is 20.6 Å². The zero-order valence-corrected chi connectivity index (χ0v) is 30.2. The fourth-order valence-corrected chi connectivity index (χ4v) is 39.1. The fraction of sp³-hybridized carbons (Fsp3) is 0.455. The van der Waals surface area contributed by atoms with E-state index in [9.17, 15) is 0 Å². The van der Waals surface area contributed by atoms with E-state index in [0.29, 0.717) is 0 Å². The lowest BCUT2D eigenvalue weighted by atomic mass is 10.4. The van der Waals surface area contributed by atoms with Crippen LogP contribution >= 0.6 is 0 Å². The molecule has 0 bridgehead atoms. The highest BCUT2D eigenvalue weighted by molar-refractivity contribution is 7.34. The SMILES string of the molecule is C[SiH](C)O[Si](O[SiH](C)C)(O[Si](C)(C)O[Si](O[SiH](C)C)(c1ccccc1)[SiH](C)C)c1ccccc1. The Morgan fingerprint density at radius 1 is 0.529 bits per heavy atom. The van der Waals surface area contributed by atoms with Gasteiger partial charge in [0.1, 0.15) is 0 Å². The quantitative estimate of drug-likeness (QED) is 0.338. The second-order valence-electron chi connectivity index (χ2n) is 10.2. The summed E-state index contributed by atoms with van der Waals surface area (Å²) in [5, 5.41) is 2.27. The minimum absolute atomic E-state index is 1.04. The van der Waals surface area contributed by atoms with E-state index < -0.39 is 60.9 Å². The lowest BCUT2D eigenvalue weighted by Gasteiger charge is -2.45. The van der Waals surface area contributed by atoms with Crippen molar-refractivity contribution in [3.8, 4) is 0 Å². The molecule has 0 fully saturated rings. The molecule has 0 aliphatic carbocycles. The zero-order valence-electron chi connectivity index (χ0n) is 22.6. The largest absolute Gasteiger partial charge is 0.506 e. The van der Waals surface area contributed by atoms with Gasteiger partial charge in [0.25, 0.3) is 0 Å². The van der Waals surface area contributed by atoms with Gasteiger partial charge in [-0.05, 0) is 57.6 Å². The summed E-state index contributed by atoms with van der Waals surface area (Å²) in [5.41, 5.74) is 0. The molecule has 5 nitrogen and oxygen atoms in total. The van der Waals surface area contributed by atoms with E-state index in [-0.39, 0.29) is 0 Å². The summed E-state index contributed by atoms with van der Waals surface area (Å²) in [4.78, 5) is 0. The topological polar surface area (TPSA) is 46.2 Å². The number of hydrogen-bond acceptors (Lipinski definition) is 5. The second kappa shape index (κ2) is 12.8. The summed E-state index contributed by atoms with van der Waals surface area (Å²) in [7, 11) is -14.2. The molecule has 190 valence electrons. The van der Waals surface area contributed by atoms with Crippen LogP contribution < -0.4 is 10.4 Å². The van der Waals surface area contributed by atoms with Gasteiger partial charge in [-0.1, -0.05) is 73.8 Å². The minimum Gasteiger partial charge on any atom is -0.439 e. The molecule has 0 radical (unpaired) electrons. The van der Waals surface area contributed by atoms with Gasteiger partial charge in [-0.15, -0.1) is 0 Å². The molecule has 0 aliphatic heterocycles. The summed E-state index contributed by atoms with van der Waals surface area (Å²) >= 11 is 0. The highest BCUT2D eigenvalue weighted by atomic mass is 29.3. The van der Waals surface area contributed by atoms with Gasteiger partial charge >= 0.3 is 25.4 Å². The molecular weight excluding hydrogens is 541 g/mol. The Bertz CT molecular complexity index is 858. The van der Waals surface area contributed by atoms with E-state index in [1.807, 2.05) is 18.2 Å². The molecule has 34 heavy (non-hydrogen) atoms. The first-order valence-electron chi connectivity index (χ1n) is 12.4. The lowest BCUT2D eigenvalue weighted by molar-refractivity contribution is 0.246. The van der Waals surface area contributed by atoms with Crippen molar-refractivity contribution in [1.29, 1.82) is 0 Å². The number of benzene rings is 2. The third-order valence-corrected chi connectivity index (χ3v) is 32.3. The van der Waals surface area contributed by atoms with Crippen molar-refractivity contribution >= 4 is 71.3 Å². The third-order valence-electron chi connectivity index (χ3n) is 5.03. The Kier molecular flexibility index (Phi) is 11.3. The molecule has 0 spiro atoms. The summed E-state index contributed by atoms with van der Waals surface area (Å²) in [5.74, 6) is 0. The maximum atomic E-state index is 7.26. The fourth-order valence-electron chi connectivity index (χ4n) is 4.00. The van der Waals surface area contributed by atoms with E-state index in [1.54, 1.807) is 0 Å². The molecule has 0 aliphatic rings. The van der Waals surface area contributed by atoms with E-state index in [1.165, 1.54) is 5.19 Å². The molecule has 12 heteroatoms. The van der Waals surface area contributed by atoms with Crippen molar-refractivity contribution in [3.63, 3.8) is 0 Å². The summed E-state index contributed by atoms with van der Waals surface area (Å²) < 4.78 is 34.8. The predicted octanol–water partition coefficient (Wildman–Crippen LogP) is 3.48. The second-order valence-corrected chi connectivity index (χ2v) is 35.4. The van der Waals surface area contributed by atoms with Gasteiger partial charge in [0.2, 0.25) is 0 Å². The van der Waals surface area contributed by atoms with Crippen molar-refractivity contribution in [2.45, 2.75) is 65.5 Å². The molecule has 2 aromatic rings. The summed E-state index contributed by atoms with van der Waals surface area (Å²) in [6.07, 6.45) is 0. The predicted molar refractivity (Wildman–Crippen MR) is 162 cm³/mol. The van der Waals surface area contributed by atoms with Crippen LogP contribution in [0.5, 0.6) is 0 Å². The monoisotopic (exact) mass is 584 g/mol. The zero-order chi connectivity index (χ0) is 25.6. The molecule has 0 heterocycles. The van der Waals surface area contributed by atoms with Gasteiger partial charge < -0.3 is 20.6 Å². The molecule has 0 aromatic heterocycles. The van der Waals surface area contributed by atoms with Crippen molar-refractivity contribution < 1.29 is 20.6 Å². The first kappa shape index (κ1) is 30.0. The van der Waals surface area contributed by atoms with Crippen LogP contribution in [0.15, 0.2) is 60.7 Å². The van der Waals surface area contributed by atoms with Gasteiger partial charge in [0.15, 0.2) is 27.1 Å². The van der Waals surface area contributed by atoms with Crippen molar-refractivity contribution in [3.05, 3.63) is 60.7 Å². The van der Waals surface area contributed by atoms with Crippen molar-refractivity contribution in [1.82, 2.24) is 0 Å². The highest BCUT2D eigenvalue weighted by Gasteiger charge is 2.55. The van der Waals surface area contributed by atoms with Crippen molar-refractivity contribution in [2.75, 3.05) is 0 Å². The molecule has 1 atom stereocenters. The van der Waals surface area contributed by atoms with Gasteiger partial charge in [-0.25, -0.2) is 0 Å². The lowest BCUT2D eigenvalue weighted by Crippen LogP contribution is -2.72. The maximum absolute atomic E-state index is 7.26. The Morgan fingerprint density at radius 2 is 0.941 bits per heavy atom. The molecule has 0 N–H and O–H groups in total.